The minimum atomic E-state index is -0.968. The number of aryl methyl sites for hydroxylation is 1. The number of hydrogen-bond donors (Lipinski definition) is 3. The van der Waals surface area contributed by atoms with E-state index >= 15 is 0 Å². The fourth-order valence-corrected chi connectivity index (χ4v) is 4.29. The zero-order valence-electron chi connectivity index (χ0n) is 13.2. The number of aromatic carboxylic acids is 1. The summed E-state index contributed by atoms with van der Waals surface area (Å²) in [6, 6.07) is 6.55. The van der Waals surface area contributed by atoms with Gasteiger partial charge in [-0.25, -0.2) is 9.78 Å². The van der Waals surface area contributed by atoms with Crippen molar-refractivity contribution < 1.29 is 15.0 Å². The van der Waals surface area contributed by atoms with Crippen molar-refractivity contribution in [2.45, 2.75) is 17.8 Å². The van der Waals surface area contributed by atoms with Gasteiger partial charge in [0.1, 0.15) is 10.6 Å². The number of nitrogens with zero attached hydrogens (tertiary/aromatic N) is 1. The summed E-state index contributed by atoms with van der Waals surface area (Å²) in [6.45, 7) is 5.26. The first-order valence-corrected chi connectivity index (χ1v) is 9.03. The predicted octanol–water partition coefficient (Wildman–Crippen LogP) is 3.81. The third-order valence-corrected chi connectivity index (χ3v) is 5.80. The molecule has 1 aromatic carbocycles. The summed E-state index contributed by atoms with van der Waals surface area (Å²) in [5.41, 5.74) is 1.56. The van der Waals surface area contributed by atoms with Gasteiger partial charge >= 0.3 is 5.97 Å². The number of aromatic amines is 1. The maximum absolute atomic E-state index is 12.3. The van der Waals surface area contributed by atoms with Crippen molar-refractivity contribution in [3.8, 4) is 0 Å². The van der Waals surface area contributed by atoms with E-state index in [9.17, 15) is 14.7 Å². The van der Waals surface area contributed by atoms with Crippen molar-refractivity contribution in [1.82, 2.24) is 9.97 Å². The number of aliphatic hydroxyl groups is 1. The van der Waals surface area contributed by atoms with Gasteiger partial charge in [0.2, 0.25) is 0 Å². The Morgan fingerprint density at radius 3 is 2.60 bits per heavy atom. The van der Waals surface area contributed by atoms with Gasteiger partial charge in [-0.1, -0.05) is 30.5 Å². The third kappa shape index (κ3) is 3.45. The van der Waals surface area contributed by atoms with Crippen LogP contribution in [0.25, 0.3) is 16.0 Å². The van der Waals surface area contributed by atoms with Gasteiger partial charge in [-0.3, -0.25) is 4.79 Å². The molecule has 0 saturated carbocycles. The number of rotatable bonds is 5. The maximum atomic E-state index is 12.3. The highest BCUT2D eigenvalue weighted by Crippen LogP contribution is 2.31. The van der Waals surface area contributed by atoms with E-state index in [1.54, 1.807) is 31.2 Å². The van der Waals surface area contributed by atoms with Crippen LogP contribution in [-0.2, 0) is 5.75 Å². The molecule has 0 bridgehead atoms. The van der Waals surface area contributed by atoms with Gasteiger partial charge < -0.3 is 15.2 Å². The van der Waals surface area contributed by atoms with Gasteiger partial charge in [-0.05, 0) is 30.2 Å². The molecule has 2 heterocycles. The van der Waals surface area contributed by atoms with E-state index in [0.29, 0.717) is 31.6 Å². The molecule has 25 heavy (non-hydrogen) atoms. The molecule has 2 aromatic heterocycles. The summed E-state index contributed by atoms with van der Waals surface area (Å²) in [7, 11) is 0. The van der Waals surface area contributed by atoms with E-state index in [4.69, 9.17) is 5.11 Å². The molecule has 0 amide bonds. The van der Waals surface area contributed by atoms with Crippen LogP contribution in [0.1, 0.15) is 26.4 Å². The van der Waals surface area contributed by atoms with Crippen molar-refractivity contribution in [3.05, 3.63) is 62.8 Å². The average Bonchev–Trinajstić information content (AvgIpc) is 2.91. The summed E-state index contributed by atoms with van der Waals surface area (Å²) in [6.07, 6.45) is 0. The van der Waals surface area contributed by atoms with Crippen molar-refractivity contribution in [2.24, 2.45) is 0 Å². The quantitative estimate of drug-likeness (QED) is 0.356. The monoisotopic (exact) mass is 374 g/mol. The topological polar surface area (TPSA) is 103 Å². The van der Waals surface area contributed by atoms with Crippen molar-refractivity contribution >= 4 is 45.0 Å². The number of H-pyrrole nitrogens is 1. The number of carboxylic acids is 1. The molecule has 0 atom stereocenters. The van der Waals surface area contributed by atoms with Crippen LogP contribution in [0.2, 0.25) is 0 Å². The second-order valence-electron chi connectivity index (χ2n) is 5.34. The molecule has 3 N–H and O–H groups in total. The Balaban J connectivity index is 1.85. The Morgan fingerprint density at radius 2 is 2.00 bits per heavy atom. The first kappa shape index (κ1) is 17.2. The smallest absolute Gasteiger partial charge is 0.335 e. The van der Waals surface area contributed by atoms with Crippen LogP contribution in [0.3, 0.4) is 0 Å². The van der Waals surface area contributed by atoms with Gasteiger partial charge in [-0.2, -0.15) is 0 Å². The molecule has 128 valence electrons. The summed E-state index contributed by atoms with van der Waals surface area (Å²) < 4.78 is 0. The van der Waals surface area contributed by atoms with E-state index in [0.717, 1.165) is 5.56 Å². The van der Waals surface area contributed by atoms with E-state index in [-0.39, 0.29) is 16.9 Å². The van der Waals surface area contributed by atoms with Crippen LogP contribution in [0.15, 0.2) is 40.8 Å². The molecule has 6 nitrogen and oxygen atoms in total. The number of carbonyl (C=O) groups is 1. The number of nitrogens with one attached hydrogen (secondary N) is 1. The molecule has 8 heteroatoms. The van der Waals surface area contributed by atoms with Crippen LogP contribution in [0.5, 0.6) is 0 Å². The number of carboxylic acid groups (broad SMARTS) is 1. The Bertz CT molecular complexity index is 1040. The number of hydrogen-bond acceptors (Lipinski definition) is 6. The average molecular weight is 374 g/mol. The summed E-state index contributed by atoms with van der Waals surface area (Å²) in [5, 5.41) is 19.4. The predicted molar refractivity (Wildman–Crippen MR) is 99.6 cm³/mol. The molecular weight excluding hydrogens is 360 g/mol. The molecular formula is C17H14N2O4S2. The summed E-state index contributed by atoms with van der Waals surface area (Å²) >= 11 is 2.58. The molecule has 3 aromatic rings. The number of aromatic nitrogens is 2. The molecule has 0 aliphatic rings. The van der Waals surface area contributed by atoms with Crippen LogP contribution < -0.4 is 5.56 Å². The lowest BCUT2D eigenvalue weighted by Crippen LogP contribution is -2.08. The summed E-state index contributed by atoms with van der Waals surface area (Å²) in [4.78, 5) is 31.4. The molecule has 0 aliphatic carbocycles. The highest BCUT2D eigenvalue weighted by atomic mass is 32.2. The minimum Gasteiger partial charge on any atom is -0.507 e. The van der Waals surface area contributed by atoms with Gasteiger partial charge in [-0.15, -0.1) is 11.3 Å². The lowest BCUT2D eigenvalue weighted by molar-refractivity contribution is 0.0697. The zero-order valence-corrected chi connectivity index (χ0v) is 14.8. The highest BCUT2D eigenvalue weighted by Gasteiger charge is 2.16. The van der Waals surface area contributed by atoms with E-state index in [1.807, 2.05) is 0 Å². The SMILES string of the molecule is C=C(O)c1sc2nc(SCc3ccc(C(=O)O)cc3)[nH]c(=O)c2c1C. The fourth-order valence-electron chi connectivity index (χ4n) is 2.36. The van der Waals surface area contributed by atoms with Crippen LogP contribution >= 0.6 is 23.1 Å². The largest absolute Gasteiger partial charge is 0.507 e. The van der Waals surface area contributed by atoms with Gasteiger partial charge in [0, 0.05) is 5.75 Å². The molecule has 0 fully saturated rings. The molecule has 0 spiro atoms. The van der Waals surface area contributed by atoms with Crippen molar-refractivity contribution in [2.75, 3.05) is 0 Å². The first-order valence-electron chi connectivity index (χ1n) is 7.23. The van der Waals surface area contributed by atoms with Crippen LogP contribution in [0, 0.1) is 6.92 Å². The van der Waals surface area contributed by atoms with Gasteiger partial charge in [0.25, 0.3) is 5.56 Å². The first-order chi connectivity index (χ1) is 11.9. The molecule has 0 aliphatic heterocycles. The zero-order chi connectivity index (χ0) is 18.1. The van der Waals surface area contributed by atoms with E-state index in [2.05, 4.69) is 16.5 Å². The maximum Gasteiger partial charge on any atom is 0.335 e. The standard InChI is InChI=1S/C17H14N2O4S2/c1-8-12-14(21)18-17(19-15(12)25-13(8)9(2)20)24-7-10-3-5-11(6-4-10)16(22)23/h3-6,20H,2,7H2,1H3,(H,22,23)(H,18,19,21). The minimum absolute atomic E-state index is 0.0763. The Hall–Kier alpha value is -2.58. The molecule has 3 rings (SSSR count). The Labute approximate surface area is 150 Å². The lowest BCUT2D eigenvalue weighted by Gasteiger charge is -2.02. The number of thioether (sulfide) groups is 1. The van der Waals surface area contributed by atoms with E-state index in [1.165, 1.54) is 23.1 Å². The number of fused-ring (bicyclic) bond motifs is 1. The fraction of sp³-hybridized carbons (Fsp3) is 0.118. The molecule has 0 radical (unpaired) electrons. The highest BCUT2D eigenvalue weighted by molar-refractivity contribution is 7.98. The number of aliphatic hydroxyl groups excluding tert-OH is 1. The molecule has 0 unspecified atom stereocenters. The van der Waals surface area contributed by atoms with Gasteiger partial charge in [0.05, 0.1) is 15.8 Å². The normalized spacial score (nSPS) is 10.9. The number of thiophene rings is 1. The lowest BCUT2D eigenvalue weighted by atomic mass is 10.1. The Kier molecular flexibility index (Phi) is 4.65. The Morgan fingerprint density at radius 1 is 1.32 bits per heavy atom. The second-order valence-corrected chi connectivity index (χ2v) is 7.31. The van der Waals surface area contributed by atoms with E-state index < -0.39 is 5.97 Å². The number of benzene rings is 1. The third-order valence-electron chi connectivity index (χ3n) is 3.62. The van der Waals surface area contributed by atoms with Crippen molar-refractivity contribution in [3.63, 3.8) is 0 Å². The van der Waals surface area contributed by atoms with Crippen molar-refractivity contribution in [1.29, 1.82) is 0 Å². The van der Waals surface area contributed by atoms with Crippen LogP contribution in [0.4, 0.5) is 0 Å². The van der Waals surface area contributed by atoms with Gasteiger partial charge in [0.15, 0.2) is 5.16 Å². The molecule has 0 saturated heterocycles. The van der Waals surface area contributed by atoms with Crippen LogP contribution in [-0.4, -0.2) is 26.2 Å². The summed E-state index contributed by atoms with van der Waals surface area (Å²) in [5.74, 6) is -0.504. The second kappa shape index (κ2) is 6.73.